The second kappa shape index (κ2) is 5.96. The molecule has 1 unspecified atom stereocenters. The van der Waals surface area contributed by atoms with Gasteiger partial charge in [-0.05, 0) is 18.8 Å². The van der Waals surface area contributed by atoms with Crippen LogP contribution in [-0.2, 0) is 4.79 Å². The van der Waals surface area contributed by atoms with Crippen LogP contribution in [0.15, 0.2) is 12.7 Å². The third-order valence-electron chi connectivity index (χ3n) is 1.70. The van der Waals surface area contributed by atoms with Crippen molar-refractivity contribution in [2.75, 3.05) is 0 Å². The molecule has 1 atom stereocenters. The standard InChI is InChI=1S/C9H16O2/c1-3-8(2)6-4-5-7-9(10)11/h3,8H,1,4-7H2,2H3,(H,10,11). The molecule has 0 saturated carbocycles. The van der Waals surface area contributed by atoms with Crippen molar-refractivity contribution < 1.29 is 9.90 Å². The van der Waals surface area contributed by atoms with E-state index in [1.54, 1.807) is 0 Å². The van der Waals surface area contributed by atoms with Crippen LogP contribution >= 0.6 is 0 Å². The SMILES string of the molecule is C=CC(C)CCCCC(=O)O. The second-order valence-corrected chi connectivity index (χ2v) is 2.85. The average molecular weight is 156 g/mol. The Morgan fingerprint density at radius 2 is 2.27 bits per heavy atom. The van der Waals surface area contributed by atoms with E-state index in [-0.39, 0.29) is 0 Å². The molecule has 0 saturated heterocycles. The van der Waals surface area contributed by atoms with Gasteiger partial charge in [-0.1, -0.05) is 19.4 Å². The van der Waals surface area contributed by atoms with E-state index >= 15 is 0 Å². The molecule has 0 amide bonds. The molecule has 1 N–H and O–H groups in total. The van der Waals surface area contributed by atoms with Crippen molar-refractivity contribution >= 4 is 5.97 Å². The molecule has 0 fully saturated rings. The summed E-state index contributed by atoms with van der Waals surface area (Å²) in [7, 11) is 0. The molecule has 0 aliphatic heterocycles. The minimum atomic E-state index is -0.698. The van der Waals surface area contributed by atoms with Crippen molar-refractivity contribution in [2.45, 2.75) is 32.6 Å². The van der Waals surface area contributed by atoms with Crippen LogP contribution < -0.4 is 0 Å². The Morgan fingerprint density at radius 3 is 2.73 bits per heavy atom. The van der Waals surface area contributed by atoms with Gasteiger partial charge in [0.15, 0.2) is 0 Å². The summed E-state index contributed by atoms with van der Waals surface area (Å²) in [5.41, 5.74) is 0. The molecule has 0 aliphatic rings. The molecular weight excluding hydrogens is 140 g/mol. The highest BCUT2D eigenvalue weighted by atomic mass is 16.4. The average Bonchev–Trinajstić information content (AvgIpc) is 1.97. The highest BCUT2D eigenvalue weighted by Gasteiger charge is 1.98. The number of unbranched alkanes of at least 4 members (excludes halogenated alkanes) is 1. The van der Waals surface area contributed by atoms with Gasteiger partial charge in [0, 0.05) is 6.42 Å². The number of hydrogen-bond donors (Lipinski definition) is 1. The molecule has 0 bridgehead atoms. The summed E-state index contributed by atoms with van der Waals surface area (Å²) in [6, 6.07) is 0. The highest BCUT2D eigenvalue weighted by Crippen LogP contribution is 2.09. The summed E-state index contributed by atoms with van der Waals surface area (Å²) in [5, 5.41) is 8.32. The number of rotatable bonds is 6. The van der Waals surface area contributed by atoms with Gasteiger partial charge >= 0.3 is 5.97 Å². The fourth-order valence-corrected chi connectivity index (χ4v) is 0.860. The van der Waals surface area contributed by atoms with Gasteiger partial charge in [-0.3, -0.25) is 4.79 Å². The number of carboxylic acids is 1. The normalized spacial score (nSPS) is 12.5. The Morgan fingerprint density at radius 1 is 1.64 bits per heavy atom. The lowest BCUT2D eigenvalue weighted by atomic mass is 10.0. The maximum atomic E-state index is 10.1. The highest BCUT2D eigenvalue weighted by molar-refractivity contribution is 5.66. The fourth-order valence-electron chi connectivity index (χ4n) is 0.860. The Kier molecular flexibility index (Phi) is 5.53. The van der Waals surface area contributed by atoms with Crippen molar-refractivity contribution in [3.63, 3.8) is 0 Å². The Hall–Kier alpha value is -0.790. The van der Waals surface area contributed by atoms with Gasteiger partial charge in [-0.25, -0.2) is 0 Å². The molecular formula is C9H16O2. The number of carboxylic acid groups (broad SMARTS) is 1. The third-order valence-corrected chi connectivity index (χ3v) is 1.70. The van der Waals surface area contributed by atoms with Gasteiger partial charge in [0.25, 0.3) is 0 Å². The van der Waals surface area contributed by atoms with Crippen molar-refractivity contribution in [1.29, 1.82) is 0 Å². The molecule has 2 nitrogen and oxygen atoms in total. The molecule has 0 rings (SSSR count). The van der Waals surface area contributed by atoms with Crippen LogP contribution in [0.1, 0.15) is 32.6 Å². The van der Waals surface area contributed by atoms with E-state index in [0.717, 1.165) is 19.3 Å². The molecule has 0 aromatic rings. The minimum absolute atomic E-state index is 0.295. The van der Waals surface area contributed by atoms with Crippen molar-refractivity contribution in [3.8, 4) is 0 Å². The van der Waals surface area contributed by atoms with E-state index in [9.17, 15) is 4.79 Å². The lowest BCUT2D eigenvalue weighted by molar-refractivity contribution is -0.137. The van der Waals surface area contributed by atoms with Crippen LogP contribution in [0.4, 0.5) is 0 Å². The molecule has 0 aromatic heterocycles. The fraction of sp³-hybridized carbons (Fsp3) is 0.667. The van der Waals surface area contributed by atoms with E-state index in [0.29, 0.717) is 12.3 Å². The van der Waals surface area contributed by atoms with Gasteiger partial charge in [0.05, 0.1) is 0 Å². The quantitative estimate of drug-likeness (QED) is 0.473. The van der Waals surface area contributed by atoms with Crippen LogP contribution in [0.25, 0.3) is 0 Å². The Bertz CT molecular complexity index is 130. The predicted molar refractivity (Wildman–Crippen MR) is 45.5 cm³/mol. The lowest BCUT2D eigenvalue weighted by Gasteiger charge is -2.02. The van der Waals surface area contributed by atoms with E-state index in [2.05, 4.69) is 13.5 Å². The van der Waals surface area contributed by atoms with E-state index in [1.807, 2.05) is 6.08 Å². The number of aliphatic carboxylic acids is 1. The molecule has 0 aromatic carbocycles. The van der Waals surface area contributed by atoms with Crippen molar-refractivity contribution in [1.82, 2.24) is 0 Å². The molecule has 2 heteroatoms. The summed E-state index contributed by atoms with van der Waals surface area (Å²) in [6.45, 7) is 5.75. The second-order valence-electron chi connectivity index (χ2n) is 2.85. The first-order chi connectivity index (χ1) is 5.16. The maximum absolute atomic E-state index is 10.1. The number of carbonyl (C=O) groups is 1. The summed E-state index contributed by atoms with van der Waals surface area (Å²) >= 11 is 0. The largest absolute Gasteiger partial charge is 0.481 e. The Balaban J connectivity index is 3.14. The first kappa shape index (κ1) is 10.2. The molecule has 0 aliphatic carbocycles. The summed E-state index contributed by atoms with van der Waals surface area (Å²) in [6.07, 6.45) is 5.02. The van der Waals surface area contributed by atoms with Crippen LogP contribution in [0.5, 0.6) is 0 Å². The van der Waals surface area contributed by atoms with E-state index in [4.69, 9.17) is 5.11 Å². The van der Waals surface area contributed by atoms with Gasteiger partial charge in [0.1, 0.15) is 0 Å². The molecule has 64 valence electrons. The lowest BCUT2D eigenvalue weighted by Crippen LogP contribution is -1.95. The van der Waals surface area contributed by atoms with Crippen LogP contribution in [0.2, 0.25) is 0 Å². The van der Waals surface area contributed by atoms with Gasteiger partial charge in [-0.2, -0.15) is 0 Å². The Labute approximate surface area is 67.9 Å². The van der Waals surface area contributed by atoms with Gasteiger partial charge in [-0.15, -0.1) is 6.58 Å². The minimum Gasteiger partial charge on any atom is -0.481 e. The topological polar surface area (TPSA) is 37.3 Å². The molecule has 0 spiro atoms. The van der Waals surface area contributed by atoms with E-state index in [1.165, 1.54) is 0 Å². The molecule has 0 radical (unpaired) electrons. The monoisotopic (exact) mass is 156 g/mol. The van der Waals surface area contributed by atoms with Crippen LogP contribution in [0, 0.1) is 5.92 Å². The van der Waals surface area contributed by atoms with Gasteiger partial charge in [0.2, 0.25) is 0 Å². The number of hydrogen-bond acceptors (Lipinski definition) is 1. The van der Waals surface area contributed by atoms with Crippen molar-refractivity contribution in [3.05, 3.63) is 12.7 Å². The zero-order chi connectivity index (χ0) is 8.69. The van der Waals surface area contributed by atoms with E-state index < -0.39 is 5.97 Å². The van der Waals surface area contributed by atoms with Crippen LogP contribution in [-0.4, -0.2) is 11.1 Å². The zero-order valence-electron chi connectivity index (χ0n) is 7.05. The maximum Gasteiger partial charge on any atom is 0.303 e. The third kappa shape index (κ3) is 7.10. The first-order valence-electron chi connectivity index (χ1n) is 4.01. The smallest absolute Gasteiger partial charge is 0.303 e. The summed E-state index contributed by atoms with van der Waals surface area (Å²) < 4.78 is 0. The first-order valence-corrected chi connectivity index (χ1v) is 4.01. The van der Waals surface area contributed by atoms with Crippen LogP contribution in [0.3, 0.4) is 0 Å². The predicted octanol–water partition coefficient (Wildman–Crippen LogP) is 2.45. The molecule has 0 heterocycles. The number of allylic oxidation sites excluding steroid dienone is 1. The molecule has 11 heavy (non-hydrogen) atoms. The summed E-state index contributed by atoms with van der Waals surface area (Å²) in [5.74, 6) is -0.181. The van der Waals surface area contributed by atoms with Gasteiger partial charge < -0.3 is 5.11 Å². The zero-order valence-corrected chi connectivity index (χ0v) is 7.05. The summed E-state index contributed by atoms with van der Waals surface area (Å²) in [4.78, 5) is 10.1. The van der Waals surface area contributed by atoms with Crippen molar-refractivity contribution in [2.24, 2.45) is 5.92 Å².